The van der Waals surface area contributed by atoms with Gasteiger partial charge in [-0.2, -0.15) is 0 Å². The van der Waals surface area contributed by atoms with Gasteiger partial charge in [0.15, 0.2) is 0 Å². The maximum atomic E-state index is 12.9. The van der Waals surface area contributed by atoms with Gasteiger partial charge in [-0.15, -0.1) is 0 Å². The van der Waals surface area contributed by atoms with Crippen LogP contribution in [-0.4, -0.2) is 67.1 Å². The number of nitrogens with zero attached hydrogens (tertiary/aromatic N) is 1. The van der Waals surface area contributed by atoms with Crippen LogP contribution in [0.1, 0.15) is 18.4 Å². The molecule has 0 spiro atoms. The van der Waals surface area contributed by atoms with Crippen LogP contribution in [0.4, 0.5) is 0 Å². The number of ether oxygens (including phenoxy) is 3. The van der Waals surface area contributed by atoms with Crippen LogP contribution in [0, 0.1) is 11.8 Å². The predicted molar refractivity (Wildman–Crippen MR) is 94.4 cm³/mol. The Morgan fingerprint density at radius 3 is 2.88 bits per heavy atom. The van der Waals surface area contributed by atoms with Crippen LogP contribution in [0.25, 0.3) is 0 Å². The van der Waals surface area contributed by atoms with E-state index in [0.29, 0.717) is 46.0 Å². The van der Waals surface area contributed by atoms with E-state index in [2.05, 4.69) is 0 Å². The third-order valence-electron chi connectivity index (χ3n) is 6.11. The summed E-state index contributed by atoms with van der Waals surface area (Å²) in [5, 5.41) is 11.3. The predicted octanol–water partition coefficient (Wildman–Crippen LogP) is 1.22. The molecule has 26 heavy (non-hydrogen) atoms. The van der Waals surface area contributed by atoms with E-state index in [4.69, 9.17) is 14.2 Å². The highest BCUT2D eigenvalue weighted by atomic mass is 16.5. The van der Waals surface area contributed by atoms with Crippen LogP contribution in [-0.2, 0) is 25.6 Å². The number of rotatable bonds is 4. The molecule has 1 aromatic rings. The highest BCUT2D eigenvalue weighted by Gasteiger charge is 2.56. The molecule has 4 atom stereocenters. The summed E-state index contributed by atoms with van der Waals surface area (Å²) in [4.78, 5) is 14.8. The first kappa shape index (κ1) is 17.9. The van der Waals surface area contributed by atoms with Gasteiger partial charge in [-0.05, 0) is 12.0 Å². The van der Waals surface area contributed by atoms with E-state index in [0.717, 1.165) is 12.0 Å². The van der Waals surface area contributed by atoms with Gasteiger partial charge in [-0.25, -0.2) is 0 Å². The number of hydrogen-bond donors (Lipinski definition) is 1. The molecule has 4 rings (SSSR count). The van der Waals surface area contributed by atoms with Gasteiger partial charge in [-0.1, -0.05) is 30.3 Å². The monoisotopic (exact) mass is 361 g/mol. The molecular weight excluding hydrogens is 334 g/mol. The number of piperidine rings is 1. The van der Waals surface area contributed by atoms with Gasteiger partial charge in [0.2, 0.25) is 5.91 Å². The van der Waals surface area contributed by atoms with Crippen molar-refractivity contribution in [3.63, 3.8) is 0 Å². The van der Waals surface area contributed by atoms with Crippen molar-refractivity contribution in [3.05, 3.63) is 35.9 Å². The van der Waals surface area contributed by atoms with E-state index in [9.17, 15) is 9.90 Å². The molecule has 1 aromatic carbocycles. The number of benzene rings is 1. The van der Waals surface area contributed by atoms with E-state index in [1.54, 1.807) is 0 Å². The summed E-state index contributed by atoms with van der Waals surface area (Å²) in [6.07, 6.45) is 1.39. The molecule has 0 aromatic heterocycles. The Morgan fingerprint density at radius 2 is 2.04 bits per heavy atom. The normalized spacial score (nSPS) is 34.0. The van der Waals surface area contributed by atoms with Gasteiger partial charge in [0, 0.05) is 44.1 Å². The molecule has 0 saturated carbocycles. The Morgan fingerprint density at radius 1 is 1.23 bits per heavy atom. The second-order valence-electron chi connectivity index (χ2n) is 7.57. The fourth-order valence-electron chi connectivity index (χ4n) is 4.66. The average molecular weight is 361 g/mol. The molecule has 1 N–H and O–H groups in total. The fraction of sp³-hybridized carbons (Fsp3) is 0.650. The van der Waals surface area contributed by atoms with Crippen molar-refractivity contribution in [1.82, 2.24) is 4.90 Å². The number of amides is 1. The summed E-state index contributed by atoms with van der Waals surface area (Å²) < 4.78 is 16.9. The summed E-state index contributed by atoms with van der Waals surface area (Å²) >= 11 is 0. The number of carbonyl (C=O) groups excluding carboxylic acids is 1. The van der Waals surface area contributed by atoms with E-state index in [1.807, 2.05) is 35.2 Å². The van der Waals surface area contributed by atoms with Crippen molar-refractivity contribution < 1.29 is 24.1 Å². The summed E-state index contributed by atoms with van der Waals surface area (Å²) in [5.74, 6) is -0.111. The summed E-state index contributed by atoms with van der Waals surface area (Å²) in [5.41, 5.74) is 0.267. The molecule has 3 saturated heterocycles. The lowest BCUT2D eigenvalue weighted by molar-refractivity contribution is -0.220. The molecule has 6 nitrogen and oxygen atoms in total. The fourth-order valence-corrected chi connectivity index (χ4v) is 4.66. The van der Waals surface area contributed by atoms with Gasteiger partial charge in [-0.3, -0.25) is 4.79 Å². The molecule has 3 heterocycles. The van der Waals surface area contributed by atoms with Crippen molar-refractivity contribution in [1.29, 1.82) is 0 Å². The standard InChI is InChI=1S/C20H27NO5/c22-19(14-26-11-15-4-2-1-3-5-15)21-10-16-12-25-9-7-20(16,23)17-13-24-8-6-18(17)21/h1-5,16-18,23H,6-14H2/t16-,17+,18+,20-/m0/s1. The Balaban J connectivity index is 1.42. The smallest absolute Gasteiger partial charge is 0.248 e. The van der Waals surface area contributed by atoms with Crippen molar-refractivity contribution in [2.75, 3.05) is 39.6 Å². The molecule has 0 radical (unpaired) electrons. The van der Waals surface area contributed by atoms with E-state index in [1.165, 1.54) is 0 Å². The zero-order valence-corrected chi connectivity index (χ0v) is 15.0. The van der Waals surface area contributed by atoms with Crippen LogP contribution in [0.5, 0.6) is 0 Å². The van der Waals surface area contributed by atoms with Gasteiger partial charge < -0.3 is 24.2 Å². The zero-order chi connectivity index (χ0) is 18.0. The van der Waals surface area contributed by atoms with Crippen molar-refractivity contribution >= 4 is 5.91 Å². The first-order valence-corrected chi connectivity index (χ1v) is 9.47. The lowest BCUT2D eigenvalue weighted by Gasteiger charge is -2.57. The first-order valence-electron chi connectivity index (χ1n) is 9.47. The second kappa shape index (κ2) is 7.64. The molecule has 0 aliphatic carbocycles. The zero-order valence-electron chi connectivity index (χ0n) is 15.0. The molecule has 0 bridgehead atoms. The minimum absolute atomic E-state index is 0.00884. The molecule has 1 amide bonds. The van der Waals surface area contributed by atoms with Crippen LogP contribution in [0.15, 0.2) is 30.3 Å². The quantitative estimate of drug-likeness (QED) is 0.873. The molecule has 3 fully saturated rings. The maximum Gasteiger partial charge on any atom is 0.248 e. The average Bonchev–Trinajstić information content (AvgIpc) is 2.68. The van der Waals surface area contributed by atoms with Gasteiger partial charge in [0.25, 0.3) is 0 Å². The van der Waals surface area contributed by atoms with Gasteiger partial charge in [0.1, 0.15) is 6.61 Å². The van der Waals surface area contributed by atoms with E-state index < -0.39 is 5.60 Å². The largest absolute Gasteiger partial charge is 0.389 e. The summed E-state index contributed by atoms with van der Waals surface area (Å²) in [6, 6.07) is 9.87. The molecular formula is C20H27NO5. The minimum atomic E-state index is -0.787. The summed E-state index contributed by atoms with van der Waals surface area (Å²) in [7, 11) is 0. The molecule has 3 aliphatic rings. The Bertz CT molecular complexity index is 624. The van der Waals surface area contributed by atoms with Crippen molar-refractivity contribution in [3.8, 4) is 0 Å². The van der Waals surface area contributed by atoms with Crippen LogP contribution >= 0.6 is 0 Å². The molecule has 142 valence electrons. The van der Waals surface area contributed by atoms with Crippen molar-refractivity contribution in [2.45, 2.75) is 31.1 Å². The van der Waals surface area contributed by atoms with E-state index in [-0.39, 0.29) is 30.4 Å². The topological polar surface area (TPSA) is 68.2 Å². The third kappa shape index (κ3) is 3.39. The number of hydrogen-bond acceptors (Lipinski definition) is 5. The van der Waals surface area contributed by atoms with Crippen LogP contribution in [0.3, 0.4) is 0 Å². The lowest BCUT2D eigenvalue weighted by Crippen LogP contribution is -2.69. The maximum absolute atomic E-state index is 12.9. The highest BCUT2D eigenvalue weighted by Crippen LogP contribution is 2.44. The second-order valence-corrected chi connectivity index (χ2v) is 7.57. The Kier molecular flexibility index (Phi) is 5.27. The molecule has 0 unspecified atom stereocenters. The van der Waals surface area contributed by atoms with Gasteiger partial charge in [0.05, 0.1) is 25.4 Å². The summed E-state index contributed by atoms with van der Waals surface area (Å²) in [6.45, 7) is 3.22. The Hall–Kier alpha value is -1.47. The van der Waals surface area contributed by atoms with Crippen molar-refractivity contribution in [2.24, 2.45) is 11.8 Å². The third-order valence-corrected chi connectivity index (χ3v) is 6.11. The van der Waals surface area contributed by atoms with Crippen LogP contribution in [0.2, 0.25) is 0 Å². The van der Waals surface area contributed by atoms with Crippen LogP contribution < -0.4 is 0 Å². The molecule has 3 aliphatic heterocycles. The first-order chi connectivity index (χ1) is 12.7. The number of aliphatic hydroxyl groups is 1. The molecule has 6 heteroatoms. The number of carbonyl (C=O) groups is 1. The minimum Gasteiger partial charge on any atom is -0.389 e. The number of likely N-dealkylation sites (tertiary alicyclic amines) is 1. The highest BCUT2D eigenvalue weighted by molar-refractivity contribution is 5.78. The lowest BCUT2D eigenvalue weighted by atomic mass is 9.66. The van der Waals surface area contributed by atoms with E-state index >= 15 is 0 Å². The van der Waals surface area contributed by atoms with Gasteiger partial charge >= 0.3 is 0 Å². The SMILES string of the molecule is O=C(COCc1ccccc1)N1C[C@H]2COCC[C@@]2(O)[C@@H]2COCC[C@H]21. The number of fused-ring (bicyclic) bond motifs is 3. The Labute approximate surface area is 154 Å².